The van der Waals surface area contributed by atoms with Crippen LogP contribution in [-0.2, 0) is 11.2 Å². The molecule has 25 heavy (non-hydrogen) atoms. The van der Waals surface area contributed by atoms with Gasteiger partial charge < -0.3 is 4.74 Å². The summed E-state index contributed by atoms with van der Waals surface area (Å²) in [5.41, 5.74) is 4.38. The van der Waals surface area contributed by atoms with Gasteiger partial charge in [0.25, 0.3) is 0 Å². The Bertz CT molecular complexity index is 845. The van der Waals surface area contributed by atoms with E-state index in [2.05, 4.69) is 65.1 Å². The standard InChI is InChI=1S/C20H21BrN2OS/c1-4-17-12-15(10-11-22-17)20-23-13(3)19(25-20)18(24-5-2)14-6-8-16(21)9-7-14/h6-12,18H,4-5H2,1-3H3. The summed E-state index contributed by atoms with van der Waals surface area (Å²) in [7, 11) is 0. The molecule has 0 spiro atoms. The van der Waals surface area contributed by atoms with Crippen LogP contribution in [0.2, 0.25) is 0 Å². The summed E-state index contributed by atoms with van der Waals surface area (Å²) < 4.78 is 7.14. The van der Waals surface area contributed by atoms with Gasteiger partial charge in [0.05, 0.1) is 10.6 Å². The predicted octanol–water partition coefficient (Wildman–Crippen LogP) is 5.96. The van der Waals surface area contributed by atoms with Crippen molar-refractivity contribution in [2.75, 3.05) is 6.61 Å². The van der Waals surface area contributed by atoms with Crippen molar-refractivity contribution in [1.29, 1.82) is 0 Å². The quantitative estimate of drug-likeness (QED) is 0.496. The van der Waals surface area contributed by atoms with Crippen LogP contribution in [0.15, 0.2) is 47.1 Å². The van der Waals surface area contributed by atoms with E-state index in [1.807, 2.05) is 19.2 Å². The molecule has 0 saturated carbocycles. The van der Waals surface area contributed by atoms with E-state index in [9.17, 15) is 0 Å². The number of pyridine rings is 1. The minimum absolute atomic E-state index is 0.0863. The molecule has 0 aliphatic carbocycles. The van der Waals surface area contributed by atoms with Gasteiger partial charge in [-0.25, -0.2) is 4.98 Å². The molecule has 0 aliphatic heterocycles. The van der Waals surface area contributed by atoms with Gasteiger partial charge in [0.15, 0.2) is 0 Å². The summed E-state index contributed by atoms with van der Waals surface area (Å²) in [4.78, 5) is 10.3. The summed E-state index contributed by atoms with van der Waals surface area (Å²) in [5.74, 6) is 0. The first-order valence-corrected chi connectivity index (χ1v) is 10.0. The predicted molar refractivity (Wildman–Crippen MR) is 107 cm³/mol. The zero-order valence-corrected chi connectivity index (χ0v) is 17.0. The van der Waals surface area contributed by atoms with Crippen LogP contribution in [-0.4, -0.2) is 16.6 Å². The second-order valence-electron chi connectivity index (χ2n) is 5.75. The van der Waals surface area contributed by atoms with Crippen LogP contribution in [0.1, 0.15) is 41.8 Å². The van der Waals surface area contributed by atoms with Crippen molar-refractivity contribution >= 4 is 27.3 Å². The van der Waals surface area contributed by atoms with E-state index in [1.165, 1.54) is 0 Å². The average Bonchev–Trinajstić information content (AvgIpc) is 3.02. The highest BCUT2D eigenvalue weighted by atomic mass is 79.9. The first kappa shape index (κ1) is 18.2. The van der Waals surface area contributed by atoms with Crippen molar-refractivity contribution in [2.45, 2.75) is 33.3 Å². The van der Waals surface area contributed by atoms with Gasteiger partial charge >= 0.3 is 0 Å². The molecule has 3 nitrogen and oxygen atoms in total. The minimum Gasteiger partial charge on any atom is -0.368 e. The number of halogens is 1. The lowest BCUT2D eigenvalue weighted by Crippen LogP contribution is -2.05. The van der Waals surface area contributed by atoms with Crippen LogP contribution in [0, 0.1) is 6.92 Å². The second-order valence-corrected chi connectivity index (χ2v) is 7.69. The molecule has 0 fully saturated rings. The van der Waals surface area contributed by atoms with Gasteiger partial charge in [-0.05, 0) is 50.1 Å². The molecule has 0 aliphatic rings. The molecule has 0 amide bonds. The molecule has 1 aromatic carbocycles. The van der Waals surface area contributed by atoms with Crippen molar-refractivity contribution in [1.82, 2.24) is 9.97 Å². The molecule has 5 heteroatoms. The molecular formula is C20H21BrN2OS. The fourth-order valence-corrected chi connectivity index (χ4v) is 4.11. The number of aryl methyl sites for hydroxylation is 2. The Hall–Kier alpha value is -1.56. The topological polar surface area (TPSA) is 35.0 Å². The Kier molecular flexibility index (Phi) is 5.99. The van der Waals surface area contributed by atoms with Crippen LogP contribution in [0.5, 0.6) is 0 Å². The maximum absolute atomic E-state index is 6.07. The molecule has 2 aromatic heterocycles. The molecule has 2 heterocycles. The highest BCUT2D eigenvalue weighted by Gasteiger charge is 2.21. The third-order valence-corrected chi connectivity index (χ3v) is 5.78. The second kappa shape index (κ2) is 8.21. The van der Waals surface area contributed by atoms with E-state index in [0.29, 0.717) is 6.61 Å². The summed E-state index contributed by atoms with van der Waals surface area (Å²) in [6.45, 7) is 6.85. The van der Waals surface area contributed by atoms with Gasteiger partial charge in [-0.15, -0.1) is 11.3 Å². The number of nitrogens with zero attached hydrogens (tertiary/aromatic N) is 2. The van der Waals surface area contributed by atoms with Crippen molar-refractivity contribution in [3.63, 3.8) is 0 Å². The van der Waals surface area contributed by atoms with Crippen molar-refractivity contribution < 1.29 is 4.74 Å². The lowest BCUT2D eigenvalue weighted by molar-refractivity contribution is 0.0932. The van der Waals surface area contributed by atoms with E-state index in [-0.39, 0.29) is 6.10 Å². The Balaban J connectivity index is 2.00. The number of thiazole rings is 1. The Morgan fingerprint density at radius 3 is 2.60 bits per heavy atom. The molecular weight excluding hydrogens is 396 g/mol. The van der Waals surface area contributed by atoms with Gasteiger partial charge in [-0.3, -0.25) is 4.98 Å². The van der Waals surface area contributed by atoms with E-state index in [0.717, 1.165) is 43.3 Å². The smallest absolute Gasteiger partial charge is 0.124 e. The average molecular weight is 417 g/mol. The zero-order valence-electron chi connectivity index (χ0n) is 14.6. The maximum atomic E-state index is 6.07. The lowest BCUT2D eigenvalue weighted by Gasteiger charge is -2.16. The molecule has 1 atom stereocenters. The molecule has 0 bridgehead atoms. The van der Waals surface area contributed by atoms with E-state index in [1.54, 1.807) is 11.3 Å². The van der Waals surface area contributed by atoms with E-state index < -0.39 is 0 Å². The molecule has 0 N–H and O–H groups in total. The maximum Gasteiger partial charge on any atom is 0.124 e. The van der Waals surface area contributed by atoms with Crippen LogP contribution in [0.3, 0.4) is 0 Å². The Labute approximate surface area is 161 Å². The first-order chi connectivity index (χ1) is 12.1. The number of hydrogen-bond donors (Lipinski definition) is 0. The van der Waals surface area contributed by atoms with Crippen LogP contribution in [0.25, 0.3) is 10.6 Å². The Morgan fingerprint density at radius 1 is 1.16 bits per heavy atom. The number of rotatable bonds is 6. The van der Waals surface area contributed by atoms with Gasteiger partial charge in [0, 0.05) is 28.5 Å². The van der Waals surface area contributed by atoms with Crippen LogP contribution in [0.4, 0.5) is 0 Å². The summed E-state index contributed by atoms with van der Waals surface area (Å²) in [5, 5.41) is 1.02. The molecule has 3 aromatic rings. The van der Waals surface area contributed by atoms with E-state index in [4.69, 9.17) is 9.72 Å². The minimum atomic E-state index is -0.0863. The first-order valence-electron chi connectivity index (χ1n) is 8.42. The third kappa shape index (κ3) is 4.17. The Morgan fingerprint density at radius 2 is 1.92 bits per heavy atom. The van der Waals surface area contributed by atoms with Gasteiger partial charge in [-0.1, -0.05) is 35.0 Å². The van der Waals surface area contributed by atoms with Gasteiger partial charge in [-0.2, -0.15) is 0 Å². The largest absolute Gasteiger partial charge is 0.368 e. The molecule has 130 valence electrons. The zero-order chi connectivity index (χ0) is 17.8. The highest BCUT2D eigenvalue weighted by Crippen LogP contribution is 2.37. The fraction of sp³-hybridized carbons (Fsp3) is 0.300. The van der Waals surface area contributed by atoms with Crippen molar-refractivity contribution in [3.05, 3.63) is 68.9 Å². The third-order valence-electron chi connectivity index (χ3n) is 4.00. The van der Waals surface area contributed by atoms with Crippen molar-refractivity contribution in [3.8, 4) is 10.6 Å². The van der Waals surface area contributed by atoms with E-state index >= 15 is 0 Å². The molecule has 0 radical (unpaired) electrons. The van der Waals surface area contributed by atoms with Crippen molar-refractivity contribution in [2.24, 2.45) is 0 Å². The normalized spacial score (nSPS) is 12.3. The number of hydrogen-bond acceptors (Lipinski definition) is 4. The fourth-order valence-electron chi connectivity index (χ4n) is 2.71. The summed E-state index contributed by atoms with van der Waals surface area (Å²) in [6, 6.07) is 12.5. The molecule has 0 saturated heterocycles. The molecule has 3 rings (SSSR count). The van der Waals surface area contributed by atoms with Gasteiger partial charge in [0.2, 0.25) is 0 Å². The number of ether oxygens (including phenoxy) is 1. The van der Waals surface area contributed by atoms with Crippen LogP contribution >= 0.6 is 27.3 Å². The van der Waals surface area contributed by atoms with Gasteiger partial charge in [0.1, 0.15) is 11.1 Å². The lowest BCUT2D eigenvalue weighted by atomic mass is 10.1. The molecule has 1 unspecified atom stereocenters. The van der Waals surface area contributed by atoms with Crippen LogP contribution < -0.4 is 0 Å². The summed E-state index contributed by atoms with van der Waals surface area (Å²) >= 11 is 5.20. The number of aromatic nitrogens is 2. The monoisotopic (exact) mass is 416 g/mol. The SMILES string of the molecule is CCOC(c1ccc(Br)cc1)c1sc(-c2ccnc(CC)c2)nc1C. The number of benzene rings is 1. The summed E-state index contributed by atoms with van der Waals surface area (Å²) in [6.07, 6.45) is 2.70. The highest BCUT2D eigenvalue weighted by molar-refractivity contribution is 9.10.